The van der Waals surface area contributed by atoms with Crippen molar-refractivity contribution in [3.63, 3.8) is 0 Å². The third-order valence-corrected chi connectivity index (χ3v) is 3.59. The van der Waals surface area contributed by atoms with Gasteiger partial charge in [-0.25, -0.2) is 0 Å². The smallest absolute Gasteiger partial charge is 0.224 e. The average Bonchev–Trinajstić information content (AvgIpc) is 2.40. The van der Waals surface area contributed by atoms with Crippen LogP contribution in [0.5, 0.6) is 0 Å². The van der Waals surface area contributed by atoms with Crippen LogP contribution in [0.15, 0.2) is 24.3 Å². The SMILES string of the molecule is CC(C)c1ccc(NC(=O)CC2CCCOC2)cc1. The topological polar surface area (TPSA) is 38.3 Å². The fourth-order valence-electron chi connectivity index (χ4n) is 2.39. The zero-order chi connectivity index (χ0) is 13.7. The van der Waals surface area contributed by atoms with Gasteiger partial charge in [0.15, 0.2) is 0 Å². The summed E-state index contributed by atoms with van der Waals surface area (Å²) in [4.78, 5) is 11.9. The Hall–Kier alpha value is -1.35. The van der Waals surface area contributed by atoms with E-state index in [2.05, 4.69) is 31.3 Å². The van der Waals surface area contributed by atoms with Crippen LogP contribution < -0.4 is 5.32 Å². The predicted octanol–water partition coefficient (Wildman–Crippen LogP) is 3.57. The van der Waals surface area contributed by atoms with Crippen molar-refractivity contribution in [2.45, 2.75) is 39.0 Å². The molecule has 1 aliphatic heterocycles. The lowest BCUT2D eigenvalue weighted by Crippen LogP contribution is -2.23. The van der Waals surface area contributed by atoms with Crippen LogP contribution in [0, 0.1) is 5.92 Å². The highest BCUT2D eigenvalue weighted by atomic mass is 16.5. The third-order valence-electron chi connectivity index (χ3n) is 3.59. The number of rotatable bonds is 4. The maximum atomic E-state index is 11.9. The number of nitrogens with one attached hydrogen (secondary N) is 1. The summed E-state index contributed by atoms with van der Waals surface area (Å²) in [6.45, 7) is 5.89. The van der Waals surface area contributed by atoms with Gasteiger partial charge in [0, 0.05) is 25.3 Å². The van der Waals surface area contributed by atoms with E-state index >= 15 is 0 Å². The molecule has 1 atom stereocenters. The van der Waals surface area contributed by atoms with Gasteiger partial charge < -0.3 is 10.1 Å². The zero-order valence-electron chi connectivity index (χ0n) is 11.8. The van der Waals surface area contributed by atoms with Gasteiger partial charge >= 0.3 is 0 Å². The first-order valence-corrected chi connectivity index (χ1v) is 7.12. The maximum Gasteiger partial charge on any atom is 0.224 e. The second kappa shape index (κ2) is 6.71. The van der Waals surface area contributed by atoms with E-state index in [0.29, 0.717) is 18.3 Å². The van der Waals surface area contributed by atoms with Crippen molar-refractivity contribution >= 4 is 11.6 Å². The van der Waals surface area contributed by atoms with E-state index in [1.807, 2.05) is 12.1 Å². The van der Waals surface area contributed by atoms with Crippen molar-refractivity contribution < 1.29 is 9.53 Å². The molecule has 1 saturated heterocycles. The Kier molecular flexibility index (Phi) is 4.97. The molecule has 0 spiro atoms. The summed E-state index contributed by atoms with van der Waals surface area (Å²) in [5.41, 5.74) is 2.17. The van der Waals surface area contributed by atoms with Crippen LogP contribution in [-0.2, 0) is 9.53 Å². The molecule has 0 bridgehead atoms. The summed E-state index contributed by atoms with van der Waals surface area (Å²) in [6, 6.07) is 8.10. The summed E-state index contributed by atoms with van der Waals surface area (Å²) in [6.07, 6.45) is 2.73. The summed E-state index contributed by atoms with van der Waals surface area (Å²) >= 11 is 0. The highest BCUT2D eigenvalue weighted by molar-refractivity contribution is 5.90. The number of hydrogen-bond donors (Lipinski definition) is 1. The first-order chi connectivity index (χ1) is 9.15. The Morgan fingerprint density at radius 1 is 1.37 bits per heavy atom. The molecular weight excluding hydrogens is 238 g/mol. The molecule has 3 heteroatoms. The van der Waals surface area contributed by atoms with Crippen molar-refractivity contribution in [3.8, 4) is 0 Å². The average molecular weight is 261 g/mol. The molecule has 3 nitrogen and oxygen atoms in total. The van der Waals surface area contributed by atoms with E-state index in [9.17, 15) is 4.79 Å². The van der Waals surface area contributed by atoms with Gasteiger partial charge in [0.05, 0.1) is 0 Å². The van der Waals surface area contributed by atoms with Gasteiger partial charge in [-0.05, 0) is 42.4 Å². The normalized spacial score (nSPS) is 19.4. The standard InChI is InChI=1S/C16H23NO2/c1-12(2)14-5-7-15(8-6-14)17-16(18)10-13-4-3-9-19-11-13/h5-8,12-13H,3-4,9-11H2,1-2H3,(H,17,18). The minimum absolute atomic E-state index is 0.0906. The van der Waals surface area contributed by atoms with Gasteiger partial charge in [0.1, 0.15) is 0 Å². The van der Waals surface area contributed by atoms with Gasteiger partial charge in [0.25, 0.3) is 0 Å². The number of carbonyl (C=O) groups excluding carboxylic acids is 1. The van der Waals surface area contributed by atoms with Gasteiger partial charge in [-0.1, -0.05) is 26.0 Å². The number of carbonyl (C=O) groups is 1. The van der Waals surface area contributed by atoms with Crippen molar-refractivity contribution in [2.24, 2.45) is 5.92 Å². The fourth-order valence-corrected chi connectivity index (χ4v) is 2.39. The van der Waals surface area contributed by atoms with Crippen molar-refractivity contribution in [2.75, 3.05) is 18.5 Å². The van der Waals surface area contributed by atoms with E-state index < -0.39 is 0 Å². The van der Waals surface area contributed by atoms with Gasteiger partial charge in [0.2, 0.25) is 5.91 Å². The molecule has 19 heavy (non-hydrogen) atoms. The number of ether oxygens (including phenoxy) is 1. The maximum absolute atomic E-state index is 11.9. The Morgan fingerprint density at radius 3 is 2.68 bits per heavy atom. The van der Waals surface area contributed by atoms with E-state index in [1.165, 1.54) is 5.56 Å². The molecule has 1 aromatic rings. The monoisotopic (exact) mass is 261 g/mol. The summed E-state index contributed by atoms with van der Waals surface area (Å²) in [5, 5.41) is 2.96. The Balaban J connectivity index is 1.84. The number of amides is 1. The van der Waals surface area contributed by atoms with Crippen LogP contribution in [0.2, 0.25) is 0 Å². The van der Waals surface area contributed by atoms with Crippen molar-refractivity contribution in [3.05, 3.63) is 29.8 Å². The number of anilines is 1. The zero-order valence-corrected chi connectivity index (χ0v) is 11.8. The van der Waals surface area contributed by atoms with Crippen LogP contribution in [0.25, 0.3) is 0 Å². The lowest BCUT2D eigenvalue weighted by atomic mass is 9.98. The molecule has 0 saturated carbocycles. The molecule has 0 aliphatic carbocycles. The fraction of sp³-hybridized carbons (Fsp3) is 0.562. The number of benzene rings is 1. The second-order valence-corrected chi connectivity index (χ2v) is 5.61. The van der Waals surface area contributed by atoms with E-state index in [0.717, 1.165) is 31.7 Å². The molecular formula is C16H23NO2. The quantitative estimate of drug-likeness (QED) is 0.900. The largest absolute Gasteiger partial charge is 0.381 e. The van der Waals surface area contributed by atoms with Crippen molar-refractivity contribution in [1.29, 1.82) is 0 Å². The van der Waals surface area contributed by atoms with E-state index in [4.69, 9.17) is 4.74 Å². The van der Waals surface area contributed by atoms with Crippen LogP contribution in [0.3, 0.4) is 0 Å². The van der Waals surface area contributed by atoms with Gasteiger partial charge in [-0.3, -0.25) is 4.79 Å². The number of hydrogen-bond acceptors (Lipinski definition) is 2. The van der Waals surface area contributed by atoms with E-state index in [1.54, 1.807) is 0 Å². The van der Waals surface area contributed by atoms with Crippen molar-refractivity contribution in [1.82, 2.24) is 0 Å². The molecule has 0 aromatic heterocycles. The highest BCUT2D eigenvalue weighted by Crippen LogP contribution is 2.20. The molecule has 0 radical (unpaired) electrons. The summed E-state index contributed by atoms with van der Waals surface area (Å²) in [5.74, 6) is 0.987. The molecule has 2 rings (SSSR count). The van der Waals surface area contributed by atoms with Gasteiger partial charge in [-0.15, -0.1) is 0 Å². The summed E-state index contributed by atoms with van der Waals surface area (Å²) < 4.78 is 5.40. The lowest BCUT2D eigenvalue weighted by molar-refractivity contribution is -0.118. The molecule has 1 heterocycles. The molecule has 1 unspecified atom stereocenters. The first-order valence-electron chi connectivity index (χ1n) is 7.12. The van der Waals surface area contributed by atoms with Crippen LogP contribution in [-0.4, -0.2) is 19.1 Å². The third kappa shape index (κ3) is 4.35. The minimum atomic E-state index is 0.0906. The Labute approximate surface area is 115 Å². The first kappa shape index (κ1) is 14.1. The molecule has 104 valence electrons. The Morgan fingerprint density at radius 2 is 2.11 bits per heavy atom. The second-order valence-electron chi connectivity index (χ2n) is 5.61. The lowest BCUT2D eigenvalue weighted by Gasteiger charge is -2.21. The van der Waals surface area contributed by atoms with Crippen LogP contribution >= 0.6 is 0 Å². The minimum Gasteiger partial charge on any atom is -0.381 e. The molecule has 1 N–H and O–H groups in total. The highest BCUT2D eigenvalue weighted by Gasteiger charge is 2.17. The molecule has 1 aliphatic rings. The van der Waals surface area contributed by atoms with Crippen LogP contribution in [0.4, 0.5) is 5.69 Å². The van der Waals surface area contributed by atoms with E-state index in [-0.39, 0.29) is 5.91 Å². The Bertz CT molecular complexity index is 405. The molecule has 1 amide bonds. The van der Waals surface area contributed by atoms with Gasteiger partial charge in [-0.2, -0.15) is 0 Å². The summed E-state index contributed by atoms with van der Waals surface area (Å²) in [7, 11) is 0. The predicted molar refractivity (Wildman–Crippen MR) is 77.3 cm³/mol. The molecule has 1 fully saturated rings. The molecule has 1 aromatic carbocycles. The van der Waals surface area contributed by atoms with Crippen LogP contribution in [0.1, 0.15) is 44.6 Å².